The van der Waals surface area contributed by atoms with E-state index in [-0.39, 0.29) is 0 Å². The van der Waals surface area contributed by atoms with E-state index in [1.54, 1.807) is 6.20 Å². The number of halogens is 3. The monoisotopic (exact) mass is 313 g/mol. The quantitative estimate of drug-likeness (QED) is 0.914. The van der Waals surface area contributed by atoms with Gasteiger partial charge in [-0.1, -0.05) is 6.07 Å². The van der Waals surface area contributed by atoms with Gasteiger partial charge in [0.1, 0.15) is 0 Å². The molecule has 3 N–H and O–H groups in total. The van der Waals surface area contributed by atoms with Gasteiger partial charge in [0, 0.05) is 12.7 Å². The fraction of sp³-hybridized carbons (Fsp3) is 0.0833. The number of aromatic nitrogens is 1. The van der Waals surface area contributed by atoms with Crippen molar-refractivity contribution in [3.8, 4) is 0 Å². The Hall–Kier alpha value is -1.69. The Balaban J connectivity index is 2.14. The molecule has 0 aliphatic heterocycles. The lowest BCUT2D eigenvalue weighted by molar-refractivity contribution is 0.507. The van der Waals surface area contributed by atoms with Gasteiger partial charge in [-0.15, -0.1) is 0 Å². The smallest absolute Gasteiger partial charge is 0.159 e. The molecular formula is C12H10BrF2N3. The van der Waals surface area contributed by atoms with Crippen molar-refractivity contribution in [3.05, 3.63) is 52.3 Å². The molecule has 0 atom stereocenters. The lowest BCUT2D eigenvalue weighted by atomic mass is 10.2. The van der Waals surface area contributed by atoms with E-state index in [1.165, 1.54) is 12.3 Å². The summed E-state index contributed by atoms with van der Waals surface area (Å²) in [7, 11) is 0. The first-order valence-electron chi connectivity index (χ1n) is 5.14. The molecule has 0 aliphatic rings. The summed E-state index contributed by atoms with van der Waals surface area (Å²) in [6.45, 7) is 0.337. The summed E-state index contributed by atoms with van der Waals surface area (Å²) in [5.74, 6) is -1.72. The number of nitrogens with zero attached hydrogens (tertiary/aromatic N) is 1. The van der Waals surface area contributed by atoms with E-state index in [4.69, 9.17) is 5.73 Å². The van der Waals surface area contributed by atoms with Crippen molar-refractivity contribution in [1.82, 2.24) is 4.98 Å². The third kappa shape index (κ3) is 2.76. The van der Waals surface area contributed by atoms with Crippen molar-refractivity contribution in [2.45, 2.75) is 6.54 Å². The van der Waals surface area contributed by atoms with Gasteiger partial charge in [-0.05, 0) is 33.6 Å². The molecule has 0 spiro atoms. The molecule has 0 bridgehead atoms. The van der Waals surface area contributed by atoms with Crippen LogP contribution in [0.1, 0.15) is 5.56 Å². The number of hydrogen-bond donors (Lipinski definition) is 2. The van der Waals surface area contributed by atoms with Crippen LogP contribution in [-0.2, 0) is 6.54 Å². The normalized spacial score (nSPS) is 10.4. The minimum atomic E-state index is -0.865. The molecular weight excluding hydrogens is 304 g/mol. The first-order valence-corrected chi connectivity index (χ1v) is 5.94. The Kier molecular flexibility index (Phi) is 3.76. The molecule has 2 aromatic rings. The van der Waals surface area contributed by atoms with E-state index < -0.39 is 11.6 Å². The van der Waals surface area contributed by atoms with E-state index in [9.17, 15) is 8.78 Å². The van der Waals surface area contributed by atoms with E-state index in [0.717, 1.165) is 12.1 Å². The summed E-state index contributed by atoms with van der Waals surface area (Å²) < 4.78 is 26.5. The lowest BCUT2D eigenvalue weighted by Gasteiger charge is -2.11. The minimum Gasteiger partial charge on any atom is -0.396 e. The highest BCUT2D eigenvalue weighted by atomic mass is 79.9. The number of rotatable bonds is 3. The van der Waals surface area contributed by atoms with Crippen molar-refractivity contribution < 1.29 is 8.78 Å². The fourth-order valence-corrected chi connectivity index (χ4v) is 1.96. The van der Waals surface area contributed by atoms with Crippen LogP contribution in [-0.4, -0.2) is 4.98 Å². The standard InChI is InChI=1S/C12H10BrF2N3/c13-8-5-17-6-11(16)12(8)18-4-7-1-2-9(14)10(15)3-7/h1-3,5-6H,4,16H2,(H,17,18). The zero-order valence-electron chi connectivity index (χ0n) is 9.25. The molecule has 0 fully saturated rings. The Morgan fingerprint density at radius 3 is 2.67 bits per heavy atom. The zero-order chi connectivity index (χ0) is 13.1. The second-order valence-electron chi connectivity index (χ2n) is 3.69. The van der Waals surface area contributed by atoms with Gasteiger partial charge in [0.05, 0.1) is 22.0 Å². The van der Waals surface area contributed by atoms with Crippen molar-refractivity contribution in [2.75, 3.05) is 11.1 Å². The SMILES string of the molecule is Nc1cncc(Br)c1NCc1ccc(F)c(F)c1. The van der Waals surface area contributed by atoms with Crippen molar-refractivity contribution in [3.63, 3.8) is 0 Å². The third-order valence-electron chi connectivity index (χ3n) is 2.38. The summed E-state index contributed by atoms with van der Waals surface area (Å²) in [6, 6.07) is 3.75. The highest BCUT2D eigenvalue weighted by Gasteiger charge is 2.06. The minimum absolute atomic E-state index is 0.337. The maximum atomic E-state index is 13.0. The molecule has 0 radical (unpaired) electrons. The van der Waals surface area contributed by atoms with Crippen LogP contribution in [0.4, 0.5) is 20.2 Å². The predicted molar refractivity (Wildman–Crippen MR) is 70.0 cm³/mol. The summed E-state index contributed by atoms with van der Waals surface area (Å²) in [6.07, 6.45) is 3.11. The molecule has 1 heterocycles. The van der Waals surface area contributed by atoms with Gasteiger partial charge in [0.15, 0.2) is 11.6 Å². The van der Waals surface area contributed by atoms with Gasteiger partial charge < -0.3 is 11.1 Å². The number of hydrogen-bond acceptors (Lipinski definition) is 3. The highest BCUT2D eigenvalue weighted by molar-refractivity contribution is 9.10. The van der Waals surface area contributed by atoms with Crippen LogP contribution >= 0.6 is 15.9 Å². The largest absolute Gasteiger partial charge is 0.396 e. The molecule has 6 heteroatoms. The maximum Gasteiger partial charge on any atom is 0.159 e. The van der Waals surface area contributed by atoms with Crippen LogP contribution < -0.4 is 11.1 Å². The predicted octanol–water partition coefficient (Wildman–Crippen LogP) is 3.32. The molecule has 0 saturated heterocycles. The number of anilines is 2. The van der Waals surface area contributed by atoms with E-state index >= 15 is 0 Å². The fourth-order valence-electron chi connectivity index (χ4n) is 1.48. The topological polar surface area (TPSA) is 50.9 Å². The molecule has 1 aromatic carbocycles. The van der Waals surface area contributed by atoms with Crippen LogP contribution in [0.5, 0.6) is 0 Å². The van der Waals surface area contributed by atoms with Crippen LogP contribution in [0.25, 0.3) is 0 Å². The molecule has 0 aliphatic carbocycles. The van der Waals surface area contributed by atoms with Crippen molar-refractivity contribution >= 4 is 27.3 Å². The number of nitrogens with one attached hydrogen (secondary N) is 1. The Morgan fingerprint density at radius 2 is 2.00 bits per heavy atom. The number of pyridine rings is 1. The number of benzene rings is 1. The van der Waals surface area contributed by atoms with Crippen molar-refractivity contribution in [1.29, 1.82) is 0 Å². The molecule has 0 unspecified atom stereocenters. The molecule has 2 rings (SSSR count). The second kappa shape index (κ2) is 5.30. The van der Waals surface area contributed by atoms with Gasteiger partial charge in [0.2, 0.25) is 0 Å². The molecule has 94 valence electrons. The van der Waals surface area contributed by atoms with Crippen LogP contribution in [0.2, 0.25) is 0 Å². The number of nitrogen functional groups attached to an aromatic ring is 1. The van der Waals surface area contributed by atoms with Crippen molar-refractivity contribution in [2.24, 2.45) is 0 Å². The third-order valence-corrected chi connectivity index (χ3v) is 2.98. The average molecular weight is 314 g/mol. The van der Waals surface area contributed by atoms with Gasteiger partial charge >= 0.3 is 0 Å². The summed E-state index contributed by atoms with van der Waals surface area (Å²) in [5.41, 5.74) is 7.53. The van der Waals surface area contributed by atoms with Crippen LogP contribution in [0, 0.1) is 11.6 Å². The number of nitrogens with two attached hydrogens (primary N) is 1. The van der Waals surface area contributed by atoms with E-state index in [0.29, 0.717) is 28.0 Å². The average Bonchev–Trinajstić information content (AvgIpc) is 2.33. The van der Waals surface area contributed by atoms with Gasteiger partial charge in [-0.25, -0.2) is 8.78 Å². The van der Waals surface area contributed by atoms with E-state index in [1.807, 2.05) is 0 Å². The highest BCUT2D eigenvalue weighted by Crippen LogP contribution is 2.27. The van der Waals surface area contributed by atoms with Crippen LogP contribution in [0.15, 0.2) is 35.1 Å². The van der Waals surface area contributed by atoms with Crippen LogP contribution in [0.3, 0.4) is 0 Å². The Labute approximate surface area is 111 Å². The molecule has 0 amide bonds. The maximum absolute atomic E-state index is 13.0. The molecule has 1 aromatic heterocycles. The first-order chi connectivity index (χ1) is 8.58. The summed E-state index contributed by atoms with van der Waals surface area (Å²) >= 11 is 3.31. The second-order valence-corrected chi connectivity index (χ2v) is 4.54. The lowest BCUT2D eigenvalue weighted by Crippen LogP contribution is -2.04. The summed E-state index contributed by atoms with van der Waals surface area (Å²) in [4.78, 5) is 3.90. The van der Waals surface area contributed by atoms with Gasteiger partial charge in [0.25, 0.3) is 0 Å². The first kappa shape index (κ1) is 12.8. The molecule has 3 nitrogen and oxygen atoms in total. The Morgan fingerprint density at radius 1 is 1.22 bits per heavy atom. The Bertz CT molecular complexity index is 555. The summed E-state index contributed by atoms with van der Waals surface area (Å²) in [5, 5.41) is 3.04. The van der Waals surface area contributed by atoms with E-state index in [2.05, 4.69) is 26.2 Å². The van der Waals surface area contributed by atoms with Gasteiger partial charge in [-0.2, -0.15) is 0 Å². The molecule has 0 saturated carbocycles. The van der Waals surface area contributed by atoms with Gasteiger partial charge in [-0.3, -0.25) is 4.98 Å². The molecule has 18 heavy (non-hydrogen) atoms. The zero-order valence-corrected chi connectivity index (χ0v) is 10.8.